The fourth-order valence-electron chi connectivity index (χ4n) is 2.25. The summed E-state index contributed by atoms with van der Waals surface area (Å²) in [6.45, 7) is 0. The highest BCUT2D eigenvalue weighted by Gasteiger charge is 2.11. The molecule has 92 valence electrons. The standard InChI is InChI=1S/C14H18BrNO/c15-9-2-1-6-14(17)16-13-8-7-11-4-3-5-12(11)10-13/h7-8,10H,1-6,9H2,(H,16,17). The number of unbranched alkanes of at least 4 members (excludes halogenated alkanes) is 1. The molecule has 2 nitrogen and oxygen atoms in total. The van der Waals surface area contributed by atoms with Crippen molar-refractivity contribution < 1.29 is 4.79 Å². The summed E-state index contributed by atoms with van der Waals surface area (Å²) in [5.41, 5.74) is 3.81. The van der Waals surface area contributed by atoms with Gasteiger partial charge in [0.15, 0.2) is 0 Å². The van der Waals surface area contributed by atoms with E-state index in [0.29, 0.717) is 6.42 Å². The minimum absolute atomic E-state index is 0.129. The molecule has 1 N–H and O–H groups in total. The molecule has 1 aromatic carbocycles. The van der Waals surface area contributed by atoms with Gasteiger partial charge >= 0.3 is 0 Å². The van der Waals surface area contributed by atoms with Crippen LogP contribution in [-0.4, -0.2) is 11.2 Å². The number of alkyl halides is 1. The number of rotatable bonds is 5. The SMILES string of the molecule is O=C(CCCCBr)Nc1ccc2c(c1)CCC2. The van der Waals surface area contributed by atoms with Crippen LogP contribution in [0, 0.1) is 0 Å². The quantitative estimate of drug-likeness (QED) is 0.652. The van der Waals surface area contributed by atoms with Crippen LogP contribution in [0.5, 0.6) is 0 Å². The van der Waals surface area contributed by atoms with E-state index in [1.54, 1.807) is 0 Å². The number of amides is 1. The van der Waals surface area contributed by atoms with Gasteiger partial charge in [-0.05, 0) is 55.4 Å². The summed E-state index contributed by atoms with van der Waals surface area (Å²) < 4.78 is 0. The van der Waals surface area contributed by atoms with Crippen molar-refractivity contribution in [1.29, 1.82) is 0 Å². The number of fused-ring (bicyclic) bond motifs is 1. The highest BCUT2D eigenvalue weighted by atomic mass is 79.9. The lowest BCUT2D eigenvalue weighted by molar-refractivity contribution is -0.116. The molecule has 0 fully saturated rings. The Kier molecular flexibility index (Phi) is 4.60. The summed E-state index contributed by atoms with van der Waals surface area (Å²) in [5, 5.41) is 3.95. The number of benzene rings is 1. The molecule has 1 aliphatic rings. The van der Waals surface area contributed by atoms with Gasteiger partial charge in [0.25, 0.3) is 0 Å². The first-order chi connectivity index (χ1) is 8.29. The second-order valence-electron chi connectivity index (χ2n) is 4.53. The molecule has 0 aromatic heterocycles. The molecule has 0 saturated carbocycles. The molecule has 0 unspecified atom stereocenters. The van der Waals surface area contributed by atoms with Crippen molar-refractivity contribution in [3.63, 3.8) is 0 Å². The van der Waals surface area contributed by atoms with Crippen LogP contribution in [0.2, 0.25) is 0 Å². The van der Waals surface area contributed by atoms with E-state index in [-0.39, 0.29) is 5.91 Å². The summed E-state index contributed by atoms with van der Waals surface area (Å²) in [6.07, 6.45) is 6.21. The zero-order valence-corrected chi connectivity index (χ0v) is 11.6. The third-order valence-electron chi connectivity index (χ3n) is 3.17. The Morgan fingerprint density at radius 3 is 2.88 bits per heavy atom. The van der Waals surface area contributed by atoms with Crippen molar-refractivity contribution in [3.05, 3.63) is 29.3 Å². The molecule has 1 amide bonds. The van der Waals surface area contributed by atoms with Gasteiger partial charge in [0.1, 0.15) is 0 Å². The zero-order chi connectivity index (χ0) is 12.1. The van der Waals surface area contributed by atoms with E-state index < -0.39 is 0 Å². The molecule has 3 heteroatoms. The highest BCUT2D eigenvalue weighted by Crippen LogP contribution is 2.24. The topological polar surface area (TPSA) is 29.1 Å². The van der Waals surface area contributed by atoms with Crippen LogP contribution in [0.15, 0.2) is 18.2 Å². The molecule has 0 heterocycles. The number of halogens is 1. The van der Waals surface area contributed by atoms with Crippen molar-refractivity contribution in [3.8, 4) is 0 Å². The third-order valence-corrected chi connectivity index (χ3v) is 3.73. The molecular formula is C14H18BrNO. The van der Waals surface area contributed by atoms with E-state index in [1.165, 1.54) is 24.0 Å². The maximum atomic E-state index is 11.7. The molecule has 0 atom stereocenters. The number of carbonyl (C=O) groups is 1. The average molecular weight is 296 g/mol. The number of carbonyl (C=O) groups excluding carboxylic acids is 1. The largest absolute Gasteiger partial charge is 0.326 e. The Morgan fingerprint density at radius 2 is 2.06 bits per heavy atom. The lowest BCUT2D eigenvalue weighted by Gasteiger charge is -2.07. The zero-order valence-electron chi connectivity index (χ0n) is 9.97. The van der Waals surface area contributed by atoms with Gasteiger partial charge < -0.3 is 5.32 Å². The lowest BCUT2D eigenvalue weighted by Crippen LogP contribution is -2.11. The molecule has 1 aromatic rings. The molecule has 17 heavy (non-hydrogen) atoms. The molecule has 0 spiro atoms. The molecular weight excluding hydrogens is 278 g/mol. The van der Waals surface area contributed by atoms with Crippen LogP contribution < -0.4 is 5.32 Å². The van der Waals surface area contributed by atoms with Crippen LogP contribution in [0.4, 0.5) is 5.69 Å². The Labute approximate surface area is 111 Å². The van der Waals surface area contributed by atoms with Crippen molar-refractivity contribution in [2.75, 3.05) is 10.6 Å². The molecule has 0 bridgehead atoms. The Hall–Kier alpha value is -0.830. The second kappa shape index (κ2) is 6.20. The van der Waals surface area contributed by atoms with Gasteiger partial charge in [0, 0.05) is 17.4 Å². The smallest absolute Gasteiger partial charge is 0.224 e. The van der Waals surface area contributed by atoms with Crippen molar-refractivity contribution in [1.82, 2.24) is 0 Å². The summed E-state index contributed by atoms with van der Waals surface area (Å²) >= 11 is 3.37. The summed E-state index contributed by atoms with van der Waals surface area (Å²) in [6, 6.07) is 6.30. The van der Waals surface area contributed by atoms with Crippen LogP contribution >= 0.6 is 15.9 Å². The summed E-state index contributed by atoms with van der Waals surface area (Å²) in [7, 11) is 0. The molecule has 0 radical (unpaired) electrons. The van der Waals surface area contributed by atoms with E-state index in [4.69, 9.17) is 0 Å². The maximum absolute atomic E-state index is 11.7. The van der Waals surface area contributed by atoms with Crippen molar-refractivity contribution >= 4 is 27.5 Å². The molecule has 0 aliphatic heterocycles. The van der Waals surface area contributed by atoms with Gasteiger partial charge in [0.05, 0.1) is 0 Å². The van der Waals surface area contributed by atoms with Crippen LogP contribution in [0.1, 0.15) is 36.8 Å². The van der Waals surface area contributed by atoms with E-state index in [9.17, 15) is 4.79 Å². The van der Waals surface area contributed by atoms with Gasteiger partial charge in [-0.2, -0.15) is 0 Å². The minimum atomic E-state index is 0.129. The Balaban J connectivity index is 1.88. The van der Waals surface area contributed by atoms with Crippen molar-refractivity contribution in [2.45, 2.75) is 38.5 Å². The fourth-order valence-corrected chi connectivity index (χ4v) is 2.65. The van der Waals surface area contributed by atoms with Crippen molar-refractivity contribution in [2.24, 2.45) is 0 Å². The Bertz CT molecular complexity index is 403. The predicted molar refractivity (Wildman–Crippen MR) is 74.7 cm³/mol. The van der Waals surface area contributed by atoms with Gasteiger partial charge in [-0.25, -0.2) is 0 Å². The number of hydrogen-bond acceptors (Lipinski definition) is 1. The predicted octanol–water partition coefficient (Wildman–Crippen LogP) is 3.68. The first-order valence-corrected chi connectivity index (χ1v) is 7.39. The summed E-state index contributed by atoms with van der Waals surface area (Å²) in [5.74, 6) is 0.129. The third kappa shape index (κ3) is 3.56. The summed E-state index contributed by atoms with van der Waals surface area (Å²) in [4.78, 5) is 11.7. The molecule has 0 saturated heterocycles. The Morgan fingerprint density at radius 1 is 1.24 bits per heavy atom. The fraction of sp³-hybridized carbons (Fsp3) is 0.500. The van der Waals surface area contributed by atoms with Gasteiger partial charge in [-0.3, -0.25) is 4.79 Å². The molecule has 1 aliphatic carbocycles. The lowest BCUT2D eigenvalue weighted by atomic mass is 10.1. The van der Waals surface area contributed by atoms with Crippen LogP contribution in [0.3, 0.4) is 0 Å². The normalized spacial score (nSPS) is 13.5. The first-order valence-electron chi connectivity index (χ1n) is 6.27. The van der Waals surface area contributed by atoms with Gasteiger partial charge in [-0.1, -0.05) is 22.0 Å². The van der Waals surface area contributed by atoms with Crippen LogP contribution in [-0.2, 0) is 17.6 Å². The maximum Gasteiger partial charge on any atom is 0.224 e. The second-order valence-corrected chi connectivity index (χ2v) is 5.32. The first kappa shape index (κ1) is 12.6. The molecule has 2 rings (SSSR count). The monoisotopic (exact) mass is 295 g/mol. The number of aryl methyl sites for hydroxylation is 2. The van der Waals surface area contributed by atoms with Crippen LogP contribution in [0.25, 0.3) is 0 Å². The number of nitrogens with one attached hydrogen (secondary N) is 1. The van der Waals surface area contributed by atoms with E-state index in [1.807, 2.05) is 6.07 Å². The van der Waals surface area contributed by atoms with E-state index in [0.717, 1.165) is 30.3 Å². The van der Waals surface area contributed by atoms with E-state index in [2.05, 4.69) is 33.4 Å². The number of hydrogen-bond donors (Lipinski definition) is 1. The van der Waals surface area contributed by atoms with E-state index >= 15 is 0 Å². The number of anilines is 1. The minimum Gasteiger partial charge on any atom is -0.326 e. The van der Waals surface area contributed by atoms with Gasteiger partial charge in [0.2, 0.25) is 5.91 Å². The average Bonchev–Trinajstić information content (AvgIpc) is 2.76. The van der Waals surface area contributed by atoms with Gasteiger partial charge in [-0.15, -0.1) is 0 Å². The highest BCUT2D eigenvalue weighted by molar-refractivity contribution is 9.09.